The molecule has 1 amide bonds. The number of aromatic amines is 1. The summed E-state index contributed by atoms with van der Waals surface area (Å²) in [6.07, 6.45) is 3.37. The molecule has 0 aliphatic carbocycles. The molecule has 0 aromatic carbocycles. The van der Waals surface area contributed by atoms with E-state index >= 15 is 0 Å². The van der Waals surface area contributed by atoms with Gasteiger partial charge in [-0.25, -0.2) is 4.79 Å². The molecule has 1 aromatic rings. The molecule has 0 radical (unpaired) electrons. The number of hydrogen-bond donors (Lipinski definition) is 1. The van der Waals surface area contributed by atoms with Gasteiger partial charge in [-0.2, -0.15) is 0 Å². The van der Waals surface area contributed by atoms with Crippen LogP contribution in [-0.4, -0.2) is 47.2 Å². The lowest BCUT2D eigenvalue weighted by atomic mass is 10.0. The van der Waals surface area contributed by atoms with E-state index in [1.165, 1.54) is 0 Å². The lowest BCUT2D eigenvalue weighted by molar-refractivity contribution is -0.130. The smallest absolute Gasteiger partial charge is 0.355 e. The van der Waals surface area contributed by atoms with Crippen molar-refractivity contribution in [2.45, 2.75) is 60.3 Å². The second-order valence-electron chi connectivity index (χ2n) is 6.13. The number of ether oxygens (including phenoxy) is 1. The van der Waals surface area contributed by atoms with Crippen molar-refractivity contribution in [3.05, 3.63) is 22.5 Å². The van der Waals surface area contributed by atoms with Gasteiger partial charge in [0.2, 0.25) is 5.91 Å². The Morgan fingerprint density at radius 1 is 1.08 bits per heavy atom. The van der Waals surface area contributed by atoms with Gasteiger partial charge in [0.05, 0.1) is 13.2 Å². The molecule has 6 heteroatoms. The number of unbranched alkanes of at least 4 members (excludes halogenated alkanes) is 2. The Balaban J connectivity index is 2.88. The zero-order valence-corrected chi connectivity index (χ0v) is 16.0. The Bertz CT molecular complexity index is 619. The number of amides is 1. The lowest BCUT2D eigenvalue weighted by Crippen LogP contribution is -2.35. The number of nitrogens with one attached hydrogen (secondary N) is 1. The molecule has 25 heavy (non-hydrogen) atoms. The van der Waals surface area contributed by atoms with E-state index in [0.717, 1.165) is 19.3 Å². The molecule has 0 saturated heterocycles. The molecule has 0 saturated carbocycles. The largest absolute Gasteiger partial charge is 0.461 e. The number of esters is 1. The number of rotatable bonds is 10. The molecular weight excluding hydrogens is 320 g/mol. The predicted molar refractivity (Wildman–Crippen MR) is 96.9 cm³/mol. The summed E-state index contributed by atoms with van der Waals surface area (Å²) in [4.78, 5) is 41.5. The number of aromatic nitrogens is 1. The third-order valence-corrected chi connectivity index (χ3v) is 4.26. The standard InChI is InChI=1S/C19H30N2O4/c1-6-9-10-11-16(23)21(7-2)12-15(22)17-13(4)18(20-14(17)5)19(24)25-8-3/h20H,6-12H2,1-5H3. The Morgan fingerprint density at radius 2 is 1.76 bits per heavy atom. The van der Waals surface area contributed by atoms with Crippen LogP contribution in [0.4, 0.5) is 0 Å². The van der Waals surface area contributed by atoms with Crippen molar-refractivity contribution in [2.24, 2.45) is 0 Å². The molecule has 1 N–H and O–H groups in total. The fourth-order valence-electron chi connectivity index (χ4n) is 2.89. The minimum Gasteiger partial charge on any atom is -0.461 e. The lowest BCUT2D eigenvalue weighted by Gasteiger charge is -2.20. The van der Waals surface area contributed by atoms with Gasteiger partial charge in [0, 0.05) is 24.2 Å². The summed E-state index contributed by atoms with van der Waals surface area (Å²) in [5, 5.41) is 0. The maximum atomic E-state index is 12.7. The monoisotopic (exact) mass is 350 g/mol. The molecule has 0 spiro atoms. The fourth-order valence-corrected chi connectivity index (χ4v) is 2.89. The fraction of sp³-hybridized carbons (Fsp3) is 0.632. The first-order valence-corrected chi connectivity index (χ1v) is 9.04. The van der Waals surface area contributed by atoms with Gasteiger partial charge < -0.3 is 14.6 Å². The van der Waals surface area contributed by atoms with E-state index in [-0.39, 0.29) is 24.8 Å². The van der Waals surface area contributed by atoms with Crippen LogP contribution in [0, 0.1) is 13.8 Å². The van der Waals surface area contributed by atoms with Crippen LogP contribution >= 0.6 is 0 Å². The minimum absolute atomic E-state index is 0.000702. The second-order valence-corrected chi connectivity index (χ2v) is 6.13. The third-order valence-electron chi connectivity index (χ3n) is 4.26. The number of aryl methyl sites for hydroxylation is 1. The summed E-state index contributed by atoms with van der Waals surface area (Å²) in [5.41, 5.74) is 1.98. The molecule has 0 bridgehead atoms. The zero-order chi connectivity index (χ0) is 19.0. The minimum atomic E-state index is -0.467. The molecule has 1 rings (SSSR count). The number of carbonyl (C=O) groups excluding carboxylic acids is 3. The molecule has 140 valence electrons. The molecule has 0 aliphatic rings. The van der Waals surface area contributed by atoms with E-state index in [0.29, 0.717) is 35.5 Å². The summed E-state index contributed by atoms with van der Waals surface area (Å²) in [6.45, 7) is 9.96. The maximum Gasteiger partial charge on any atom is 0.355 e. The normalized spacial score (nSPS) is 10.6. The highest BCUT2D eigenvalue weighted by molar-refractivity contribution is 6.04. The van der Waals surface area contributed by atoms with E-state index in [4.69, 9.17) is 4.74 Å². The van der Waals surface area contributed by atoms with Crippen molar-refractivity contribution >= 4 is 17.7 Å². The molecule has 1 heterocycles. The molecule has 1 aromatic heterocycles. The first-order chi connectivity index (χ1) is 11.9. The predicted octanol–water partition coefficient (Wildman–Crippen LogP) is 3.42. The maximum absolute atomic E-state index is 12.7. The van der Waals surface area contributed by atoms with Crippen molar-refractivity contribution in [3.63, 3.8) is 0 Å². The Kier molecular flexibility index (Phi) is 8.38. The molecule has 0 unspecified atom stereocenters. The van der Waals surface area contributed by atoms with Crippen molar-refractivity contribution in [2.75, 3.05) is 19.7 Å². The number of H-pyrrole nitrogens is 1. The summed E-state index contributed by atoms with van der Waals surface area (Å²) in [7, 11) is 0. The van der Waals surface area contributed by atoms with Crippen molar-refractivity contribution < 1.29 is 19.1 Å². The average Bonchev–Trinajstić information content (AvgIpc) is 2.87. The van der Waals surface area contributed by atoms with E-state index in [1.807, 2.05) is 6.92 Å². The highest BCUT2D eigenvalue weighted by atomic mass is 16.5. The average molecular weight is 350 g/mol. The molecule has 6 nitrogen and oxygen atoms in total. The highest BCUT2D eigenvalue weighted by Gasteiger charge is 2.24. The Hall–Kier alpha value is -2.11. The second kappa shape index (κ2) is 10.0. The number of hydrogen-bond acceptors (Lipinski definition) is 4. The molecule has 0 fully saturated rings. The quantitative estimate of drug-likeness (QED) is 0.398. The zero-order valence-electron chi connectivity index (χ0n) is 16.0. The van der Waals surface area contributed by atoms with Crippen LogP contribution in [0.15, 0.2) is 0 Å². The van der Waals surface area contributed by atoms with Gasteiger partial charge in [-0.1, -0.05) is 19.8 Å². The van der Waals surface area contributed by atoms with Crippen LogP contribution < -0.4 is 0 Å². The van der Waals surface area contributed by atoms with Crippen LogP contribution in [0.25, 0.3) is 0 Å². The van der Waals surface area contributed by atoms with E-state index in [9.17, 15) is 14.4 Å². The SMILES string of the molecule is CCCCCC(=O)N(CC)CC(=O)c1c(C)[nH]c(C(=O)OCC)c1C. The van der Waals surface area contributed by atoms with Gasteiger partial charge in [-0.15, -0.1) is 0 Å². The topological polar surface area (TPSA) is 79.5 Å². The van der Waals surface area contributed by atoms with E-state index < -0.39 is 5.97 Å². The number of carbonyl (C=O) groups is 3. The van der Waals surface area contributed by atoms with Crippen LogP contribution in [0.1, 0.15) is 78.6 Å². The summed E-state index contributed by atoms with van der Waals surface area (Å²) in [6, 6.07) is 0. The highest BCUT2D eigenvalue weighted by Crippen LogP contribution is 2.20. The number of Topliss-reactive ketones (excluding diaryl/α,β-unsaturated/α-hetero) is 1. The van der Waals surface area contributed by atoms with Crippen molar-refractivity contribution in [3.8, 4) is 0 Å². The van der Waals surface area contributed by atoms with Gasteiger partial charge in [0.15, 0.2) is 5.78 Å². The molecule has 0 aliphatic heterocycles. The van der Waals surface area contributed by atoms with Gasteiger partial charge in [0.25, 0.3) is 0 Å². The number of ketones is 1. The van der Waals surface area contributed by atoms with Crippen LogP contribution in [0.3, 0.4) is 0 Å². The summed E-state index contributed by atoms with van der Waals surface area (Å²) >= 11 is 0. The van der Waals surface area contributed by atoms with Crippen molar-refractivity contribution in [1.29, 1.82) is 0 Å². The Labute approximate surface area is 149 Å². The van der Waals surface area contributed by atoms with Gasteiger partial charge in [-0.3, -0.25) is 9.59 Å². The Morgan fingerprint density at radius 3 is 2.32 bits per heavy atom. The van der Waals surface area contributed by atoms with Crippen LogP contribution in [0.2, 0.25) is 0 Å². The number of likely N-dealkylation sites (N-methyl/N-ethyl adjacent to an activating group) is 1. The summed E-state index contributed by atoms with van der Waals surface area (Å²) in [5.74, 6) is -0.626. The van der Waals surface area contributed by atoms with E-state index in [2.05, 4.69) is 11.9 Å². The van der Waals surface area contributed by atoms with E-state index in [1.54, 1.807) is 25.7 Å². The third kappa shape index (κ3) is 5.44. The van der Waals surface area contributed by atoms with Crippen molar-refractivity contribution in [1.82, 2.24) is 9.88 Å². The van der Waals surface area contributed by atoms with Gasteiger partial charge in [-0.05, 0) is 39.7 Å². The first-order valence-electron chi connectivity index (χ1n) is 9.04. The molecule has 0 atom stereocenters. The first kappa shape index (κ1) is 20.9. The molecular formula is C19H30N2O4. The van der Waals surface area contributed by atoms with Gasteiger partial charge in [0.1, 0.15) is 5.69 Å². The number of nitrogens with zero attached hydrogens (tertiary/aromatic N) is 1. The summed E-state index contributed by atoms with van der Waals surface area (Å²) < 4.78 is 5.01. The van der Waals surface area contributed by atoms with Crippen LogP contribution in [-0.2, 0) is 9.53 Å². The van der Waals surface area contributed by atoms with Gasteiger partial charge >= 0.3 is 5.97 Å². The van der Waals surface area contributed by atoms with Crippen LogP contribution in [0.5, 0.6) is 0 Å².